The van der Waals surface area contributed by atoms with Crippen LogP contribution in [0, 0.1) is 0 Å². The van der Waals surface area contributed by atoms with Crippen molar-refractivity contribution in [2.45, 2.75) is 11.3 Å². The van der Waals surface area contributed by atoms with Crippen molar-refractivity contribution in [3.05, 3.63) is 45.1 Å². The summed E-state index contributed by atoms with van der Waals surface area (Å²) in [5.74, 6) is 0.271. The summed E-state index contributed by atoms with van der Waals surface area (Å²) in [4.78, 5) is 25.8. The normalized spacial score (nSPS) is 14.3. The molecule has 1 aromatic heterocycles. The van der Waals surface area contributed by atoms with Gasteiger partial charge in [0.25, 0.3) is 11.8 Å². The zero-order valence-corrected chi connectivity index (χ0v) is 19.5. The number of benzene rings is 1. The largest absolute Gasteiger partial charge is 0.497 e. The van der Waals surface area contributed by atoms with E-state index in [1.54, 1.807) is 31.4 Å². The third-order valence-corrected chi connectivity index (χ3v) is 7.51. The number of amides is 2. The lowest BCUT2D eigenvalue weighted by atomic mass is 10.1. The summed E-state index contributed by atoms with van der Waals surface area (Å²) in [5, 5.41) is 3.83. The molecule has 1 saturated heterocycles. The minimum atomic E-state index is -3.56. The number of halogens is 1. The topological polar surface area (TPSA) is 93.2 Å². The first kappa shape index (κ1) is 23.1. The number of carbonyl (C=O) groups excluding carboxylic acids is 2. The predicted octanol–water partition coefficient (Wildman–Crippen LogP) is 3.13. The molecule has 0 N–H and O–H groups in total. The van der Waals surface area contributed by atoms with Gasteiger partial charge in [0, 0.05) is 36.4 Å². The molecule has 2 heterocycles. The molecule has 8 nitrogen and oxygen atoms in total. The molecule has 0 saturated carbocycles. The zero-order chi connectivity index (χ0) is 22.8. The Balaban J connectivity index is 1.82. The quantitative estimate of drug-likeness (QED) is 0.585. The second-order valence-electron chi connectivity index (χ2n) is 6.70. The smallest absolute Gasteiger partial charge is 0.284 e. The molecule has 11 heteroatoms. The highest BCUT2D eigenvalue weighted by atomic mass is 35.5. The lowest BCUT2D eigenvalue weighted by molar-refractivity contribution is -0.134. The van der Waals surface area contributed by atoms with E-state index in [0.29, 0.717) is 36.6 Å². The van der Waals surface area contributed by atoms with Crippen LogP contribution in [0.5, 0.6) is 11.5 Å². The monoisotopic (exact) mass is 484 g/mol. The van der Waals surface area contributed by atoms with Gasteiger partial charge in [-0.1, -0.05) is 11.6 Å². The Hall–Kier alpha value is -2.56. The van der Waals surface area contributed by atoms with Crippen molar-refractivity contribution < 1.29 is 27.5 Å². The van der Waals surface area contributed by atoms with E-state index in [-0.39, 0.29) is 14.8 Å². The second kappa shape index (κ2) is 9.29. The van der Waals surface area contributed by atoms with E-state index < -0.39 is 21.7 Å². The number of methoxy groups -OCH3 is 2. The van der Waals surface area contributed by atoms with Crippen molar-refractivity contribution in [2.24, 2.45) is 0 Å². The number of carbonyl (C=O) groups is 2. The SMILES string of the molecule is COc1ccc(OC)c(C=CC(=O)N2CCCN2C(=O)c2scc(S(C)(=O)=O)c2Cl)c1. The van der Waals surface area contributed by atoms with Crippen LogP contribution in [0.2, 0.25) is 5.02 Å². The first-order valence-corrected chi connectivity index (χ1v) is 12.3. The maximum atomic E-state index is 13.0. The lowest BCUT2D eigenvalue weighted by Crippen LogP contribution is -2.44. The van der Waals surface area contributed by atoms with Gasteiger partial charge in [-0.3, -0.25) is 9.59 Å². The molecule has 0 aliphatic carbocycles. The van der Waals surface area contributed by atoms with E-state index in [1.807, 2.05) is 0 Å². The summed E-state index contributed by atoms with van der Waals surface area (Å²) >= 11 is 7.10. The average Bonchev–Trinajstić information content (AvgIpc) is 3.38. The molecular weight excluding hydrogens is 464 g/mol. The predicted molar refractivity (Wildman–Crippen MR) is 118 cm³/mol. The molecule has 0 atom stereocenters. The van der Waals surface area contributed by atoms with Gasteiger partial charge >= 0.3 is 0 Å². The molecule has 2 aromatic rings. The minimum Gasteiger partial charge on any atom is -0.497 e. The molecule has 1 aliphatic heterocycles. The first-order valence-electron chi connectivity index (χ1n) is 9.17. The van der Waals surface area contributed by atoms with Crippen LogP contribution in [0.25, 0.3) is 6.08 Å². The third kappa shape index (κ3) is 4.86. The van der Waals surface area contributed by atoms with Gasteiger partial charge in [0.05, 0.1) is 24.1 Å². The molecule has 0 unspecified atom stereocenters. The fourth-order valence-electron chi connectivity index (χ4n) is 3.11. The molecule has 1 fully saturated rings. The Morgan fingerprint density at radius 1 is 1.16 bits per heavy atom. The average molecular weight is 485 g/mol. The fraction of sp³-hybridized carbons (Fsp3) is 0.300. The van der Waals surface area contributed by atoms with Gasteiger partial charge < -0.3 is 9.47 Å². The minimum absolute atomic E-state index is 0.0836. The summed E-state index contributed by atoms with van der Waals surface area (Å²) in [6, 6.07) is 5.20. The van der Waals surface area contributed by atoms with Crippen LogP contribution in [-0.2, 0) is 14.6 Å². The molecule has 3 rings (SSSR count). The molecule has 2 amide bonds. The highest BCUT2D eigenvalue weighted by Crippen LogP contribution is 2.33. The molecule has 166 valence electrons. The van der Waals surface area contributed by atoms with Crippen LogP contribution < -0.4 is 9.47 Å². The lowest BCUT2D eigenvalue weighted by Gasteiger charge is -2.26. The number of nitrogens with zero attached hydrogens (tertiary/aromatic N) is 2. The van der Waals surface area contributed by atoms with Crippen LogP contribution in [0.15, 0.2) is 34.6 Å². The summed E-state index contributed by atoms with van der Waals surface area (Å²) in [5.41, 5.74) is 0.645. The Kier molecular flexibility index (Phi) is 6.93. The molecule has 0 bridgehead atoms. The van der Waals surface area contributed by atoms with Crippen molar-refractivity contribution in [1.82, 2.24) is 10.0 Å². The van der Waals surface area contributed by atoms with Crippen molar-refractivity contribution in [3.63, 3.8) is 0 Å². The van der Waals surface area contributed by atoms with E-state index in [2.05, 4.69) is 0 Å². The molecule has 1 aliphatic rings. The van der Waals surface area contributed by atoms with Crippen LogP contribution in [0.4, 0.5) is 0 Å². The van der Waals surface area contributed by atoms with Crippen molar-refractivity contribution in [2.75, 3.05) is 33.6 Å². The van der Waals surface area contributed by atoms with Gasteiger partial charge in [-0.15, -0.1) is 11.3 Å². The number of hydrogen-bond acceptors (Lipinski definition) is 7. The van der Waals surface area contributed by atoms with Crippen LogP contribution in [0.3, 0.4) is 0 Å². The van der Waals surface area contributed by atoms with Crippen molar-refractivity contribution >= 4 is 50.7 Å². The van der Waals surface area contributed by atoms with Gasteiger partial charge in [0.2, 0.25) is 0 Å². The Morgan fingerprint density at radius 3 is 2.48 bits per heavy atom. The van der Waals surface area contributed by atoms with Gasteiger partial charge in [0.15, 0.2) is 9.84 Å². The second-order valence-corrected chi connectivity index (χ2v) is 9.94. The number of thiophene rings is 1. The number of rotatable bonds is 6. The van der Waals surface area contributed by atoms with E-state index in [1.165, 1.54) is 28.6 Å². The number of hydrazine groups is 1. The summed E-state index contributed by atoms with van der Waals surface area (Å²) in [6.45, 7) is 0.676. The summed E-state index contributed by atoms with van der Waals surface area (Å²) in [6.07, 6.45) is 4.56. The van der Waals surface area contributed by atoms with E-state index in [4.69, 9.17) is 21.1 Å². The van der Waals surface area contributed by atoms with Crippen LogP contribution >= 0.6 is 22.9 Å². The number of hydrogen-bond donors (Lipinski definition) is 0. The van der Waals surface area contributed by atoms with E-state index in [9.17, 15) is 18.0 Å². The van der Waals surface area contributed by atoms with E-state index >= 15 is 0 Å². The molecular formula is C20H21ClN2O6S2. The Bertz CT molecular complexity index is 1140. The molecule has 31 heavy (non-hydrogen) atoms. The zero-order valence-electron chi connectivity index (χ0n) is 17.1. The van der Waals surface area contributed by atoms with Gasteiger partial charge in [-0.05, 0) is 30.7 Å². The standard InChI is InChI=1S/C20H21ClN2O6S2/c1-28-14-6-7-15(29-2)13(11-14)5-8-17(24)22-9-4-10-23(22)20(25)19-18(21)16(12-30-19)31(3,26)27/h5-8,11-12H,4,9-10H2,1-3H3. The first-order chi connectivity index (χ1) is 14.7. The summed E-state index contributed by atoms with van der Waals surface area (Å²) in [7, 11) is -0.491. The number of ether oxygens (including phenoxy) is 2. The Morgan fingerprint density at radius 2 is 1.87 bits per heavy atom. The van der Waals surface area contributed by atoms with Gasteiger partial charge in [0.1, 0.15) is 16.4 Å². The molecule has 0 radical (unpaired) electrons. The Labute approximate surface area is 189 Å². The third-order valence-electron chi connectivity index (χ3n) is 4.66. The van der Waals surface area contributed by atoms with Crippen molar-refractivity contribution in [1.29, 1.82) is 0 Å². The summed E-state index contributed by atoms with van der Waals surface area (Å²) < 4.78 is 34.1. The van der Waals surface area contributed by atoms with Crippen LogP contribution in [-0.4, -0.2) is 63.8 Å². The van der Waals surface area contributed by atoms with Gasteiger partial charge in [-0.2, -0.15) is 0 Å². The maximum absolute atomic E-state index is 13.0. The maximum Gasteiger partial charge on any atom is 0.284 e. The number of sulfone groups is 1. The van der Waals surface area contributed by atoms with Crippen LogP contribution in [0.1, 0.15) is 21.7 Å². The van der Waals surface area contributed by atoms with Crippen molar-refractivity contribution in [3.8, 4) is 11.5 Å². The highest BCUT2D eigenvalue weighted by Gasteiger charge is 2.33. The molecule has 0 spiro atoms. The highest BCUT2D eigenvalue weighted by molar-refractivity contribution is 7.91. The van der Waals surface area contributed by atoms with Gasteiger partial charge in [-0.25, -0.2) is 18.4 Å². The molecule has 1 aromatic carbocycles. The fourth-order valence-corrected chi connectivity index (χ4v) is 5.96. The van der Waals surface area contributed by atoms with E-state index in [0.717, 1.165) is 17.6 Å².